The number of amides is 1. The molecule has 1 aliphatic rings. The van der Waals surface area contributed by atoms with Crippen molar-refractivity contribution in [3.63, 3.8) is 0 Å². The van der Waals surface area contributed by atoms with Gasteiger partial charge in [0.05, 0.1) is 17.0 Å². The van der Waals surface area contributed by atoms with Crippen LogP contribution >= 0.6 is 0 Å². The van der Waals surface area contributed by atoms with E-state index >= 15 is 0 Å². The van der Waals surface area contributed by atoms with E-state index < -0.39 is 11.9 Å². The highest BCUT2D eigenvalue weighted by molar-refractivity contribution is 5.79. The fourth-order valence-corrected chi connectivity index (χ4v) is 3.32. The topological polar surface area (TPSA) is 86.3 Å². The van der Waals surface area contributed by atoms with Crippen molar-refractivity contribution in [1.82, 2.24) is 14.9 Å². The number of carboxylic acid groups (broad SMARTS) is 1. The Morgan fingerprint density at radius 1 is 1.39 bits per heavy atom. The van der Waals surface area contributed by atoms with E-state index in [2.05, 4.69) is 9.97 Å². The van der Waals surface area contributed by atoms with Crippen LogP contribution in [-0.2, 0) is 16.0 Å². The number of carboxylic acids is 1. The summed E-state index contributed by atoms with van der Waals surface area (Å²) in [6.45, 7) is 2.47. The Hall–Kier alpha value is -2.37. The molecule has 0 saturated carbocycles. The molecule has 6 heteroatoms. The number of nitrogens with zero attached hydrogens (tertiary/aromatic N) is 2. The van der Waals surface area contributed by atoms with Crippen molar-refractivity contribution in [2.75, 3.05) is 6.54 Å². The molecule has 1 aromatic carbocycles. The van der Waals surface area contributed by atoms with E-state index in [9.17, 15) is 14.7 Å². The number of likely N-dealkylation sites (tertiary alicyclic amines) is 1. The molecule has 0 radical (unpaired) electrons. The zero-order valence-corrected chi connectivity index (χ0v) is 13.2. The highest BCUT2D eigenvalue weighted by atomic mass is 16.4. The summed E-state index contributed by atoms with van der Waals surface area (Å²) < 4.78 is 0. The number of piperidine rings is 1. The van der Waals surface area contributed by atoms with Gasteiger partial charge < -0.3 is 15.0 Å². The smallest absolute Gasteiger partial charge is 0.308 e. The first-order chi connectivity index (χ1) is 11.1. The largest absolute Gasteiger partial charge is 0.481 e. The Balaban J connectivity index is 1.63. The van der Waals surface area contributed by atoms with Crippen molar-refractivity contribution >= 4 is 22.9 Å². The lowest BCUT2D eigenvalue weighted by Crippen LogP contribution is -2.49. The average Bonchev–Trinajstić information content (AvgIpc) is 2.95. The number of benzene rings is 1. The van der Waals surface area contributed by atoms with Crippen molar-refractivity contribution in [3.05, 3.63) is 30.1 Å². The summed E-state index contributed by atoms with van der Waals surface area (Å²) in [5, 5.41) is 9.24. The second-order valence-corrected chi connectivity index (χ2v) is 6.12. The monoisotopic (exact) mass is 315 g/mol. The van der Waals surface area contributed by atoms with Crippen LogP contribution < -0.4 is 0 Å². The number of fused-ring (bicyclic) bond motifs is 1. The molecule has 1 saturated heterocycles. The van der Waals surface area contributed by atoms with Gasteiger partial charge in [-0.3, -0.25) is 9.59 Å². The van der Waals surface area contributed by atoms with Crippen LogP contribution in [0, 0.1) is 5.92 Å². The number of para-hydroxylation sites is 2. The molecule has 1 aliphatic heterocycles. The first-order valence-corrected chi connectivity index (χ1v) is 8.02. The fraction of sp³-hybridized carbons (Fsp3) is 0.471. The number of rotatable bonds is 4. The number of hydrogen-bond donors (Lipinski definition) is 2. The van der Waals surface area contributed by atoms with E-state index in [1.165, 1.54) is 0 Å². The van der Waals surface area contributed by atoms with Crippen LogP contribution in [0.15, 0.2) is 24.3 Å². The fourth-order valence-electron chi connectivity index (χ4n) is 3.32. The Kier molecular flexibility index (Phi) is 4.32. The van der Waals surface area contributed by atoms with Gasteiger partial charge >= 0.3 is 5.97 Å². The molecule has 0 unspecified atom stereocenters. The predicted octanol–water partition coefficient (Wildman–Crippen LogP) is 2.21. The molecule has 2 N–H and O–H groups in total. The van der Waals surface area contributed by atoms with Crippen molar-refractivity contribution in [1.29, 1.82) is 0 Å². The summed E-state index contributed by atoms with van der Waals surface area (Å²) in [5.74, 6) is -0.478. The maximum absolute atomic E-state index is 12.5. The molecule has 2 aromatic rings. The summed E-state index contributed by atoms with van der Waals surface area (Å²) in [4.78, 5) is 33.1. The number of carbonyl (C=O) groups is 2. The maximum atomic E-state index is 12.5. The molecular formula is C17H21N3O3. The van der Waals surface area contributed by atoms with E-state index in [0.29, 0.717) is 25.8 Å². The number of aliphatic carboxylic acids is 1. The van der Waals surface area contributed by atoms with Crippen LogP contribution in [-0.4, -0.2) is 44.4 Å². The van der Waals surface area contributed by atoms with Crippen LogP contribution in [0.5, 0.6) is 0 Å². The molecule has 0 bridgehead atoms. The summed E-state index contributed by atoms with van der Waals surface area (Å²) in [7, 11) is 0. The lowest BCUT2D eigenvalue weighted by molar-refractivity contribution is -0.149. The molecular weight excluding hydrogens is 294 g/mol. The molecule has 122 valence electrons. The molecule has 3 rings (SSSR count). The zero-order valence-electron chi connectivity index (χ0n) is 13.2. The molecule has 2 atom stereocenters. The average molecular weight is 315 g/mol. The second kappa shape index (κ2) is 6.40. The minimum Gasteiger partial charge on any atom is -0.481 e. The number of nitrogens with one attached hydrogen (secondary N) is 1. The van der Waals surface area contributed by atoms with E-state index in [0.717, 1.165) is 23.3 Å². The lowest BCUT2D eigenvalue weighted by atomic mass is 9.90. The molecule has 1 fully saturated rings. The summed E-state index contributed by atoms with van der Waals surface area (Å²) in [6, 6.07) is 7.51. The standard InChI is InChI=1S/C17H21N3O3/c1-11-12(17(22)23)5-4-10-20(11)16(21)9-8-15-18-13-6-2-3-7-14(13)19-15/h2-3,6-7,11-12H,4-5,8-10H2,1H3,(H,18,19)(H,22,23)/t11-,12-/m1/s1. The first kappa shape index (κ1) is 15.5. The summed E-state index contributed by atoms with van der Waals surface area (Å²) >= 11 is 0. The molecule has 1 amide bonds. The molecule has 6 nitrogen and oxygen atoms in total. The van der Waals surface area contributed by atoms with Gasteiger partial charge in [0.15, 0.2) is 0 Å². The van der Waals surface area contributed by atoms with E-state index in [4.69, 9.17) is 0 Å². The first-order valence-electron chi connectivity index (χ1n) is 8.02. The summed E-state index contributed by atoms with van der Waals surface area (Å²) in [5.41, 5.74) is 1.86. The summed E-state index contributed by atoms with van der Waals surface area (Å²) in [6.07, 6.45) is 2.27. The van der Waals surface area contributed by atoms with Gasteiger partial charge in [-0.05, 0) is 31.9 Å². The van der Waals surface area contributed by atoms with Gasteiger partial charge in [0.2, 0.25) is 5.91 Å². The van der Waals surface area contributed by atoms with Crippen LogP contribution in [0.3, 0.4) is 0 Å². The van der Waals surface area contributed by atoms with Gasteiger partial charge in [-0.1, -0.05) is 12.1 Å². The Labute approximate surface area is 134 Å². The molecule has 0 spiro atoms. The lowest BCUT2D eigenvalue weighted by Gasteiger charge is -2.37. The van der Waals surface area contributed by atoms with Crippen LogP contribution in [0.1, 0.15) is 32.0 Å². The third-order valence-corrected chi connectivity index (χ3v) is 4.64. The number of aryl methyl sites for hydroxylation is 1. The van der Waals surface area contributed by atoms with Crippen LogP contribution in [0.2, 0.25) is 0 Å². The quantitative estimate of drug-likeness (QED) is 0.905. The number of aromatic nitrogens is 2. The number of carbonyl (C=O) groups excluding carboxylic acids is 1. The van der Waals surface area contributed by atoms with Gasteiger partial charge in [-0.2, -0.15) is 0 Å². The van der Waals surface area contributed by atoms with Crippen LogP contribution in [0.25, 0.3) is 11.0 Å². The van der Waals surface area contributed by atoms with E-state index in [1.54, 1.807) is 4.90 Å². The highest BCUT2D eigenvalue weighted by Gasteiger charge is 2.34. The molecule has 0 aliphatic carbocycles. The van der Waals surface area contributed by atoms with Gasteiger partial charge in [-0.15, -0.1) is 0 Å². The normalized spacial score (nSPS) is 21.5. The van der Waals surface area contributed by atoms with Crippen molar-refractivity contribution in [3.8, 4) is 0 Å². The Bertz CT molecular complexity index is 692. The molecule has 1 aromatic heterocycles. The Morgan fingerprint density at radius 3 is 2.91 bits per heavy atom. The van der Waals surface area contributed by atoms with Crippen molar-refractivity contribution in [2.24, 2.45) is 5.92 Å². The SMILES string of the molecule is C[C@@H]1[C@H](C(=O)O)CCCN1C(=O)CCc1nc2ccccc2[nH]1. The number of aromatic amines is 1. The second-order valence-electron chi connectivity index (χ2n) is 6.12. The van der Waals surface area contributed by atoms with Gasteiger partial charge in [0.25, 0.3) is 0 Å². The van der Waals surface area contributed by atoms with Crippen LogP contribution in [0.4, 0.5) is 0 Å². The number of hydrogen-bond acceptors (Lipinski definition) is 3. The minimum absolute atomic E-state index is 0.00362. The number of H-pyrrole nitrogens is 1. The van der Waals surface area contributed by atoms with E-state index in [1.807, 2.05) is 31.2 Å². The third kappa shape index (κ3) is 3.21. The minimum atomic E-state index is -0.813. The van der Waals surface area contributed by atoms with E-state index in [-0.39, 0.29) is 11.9 Å². The van der Waals surface area contributed by atoms with Crippen molar-refractivity contribution < 1.29 is 14.7 Å². The van der Waals surface area contributed by atoms with Gasteiger partial charge in [0.1, 0.15) is 5.82 Å². The zero-order chi connectivity index (χ0) is 16.4. The number of imidazole rings is 1. The third-order valence-electron chi connectivity index (χ3n) is 4.64. The van der Waals surface area contributed by atoms with Gasteiger partial charge in [-0.25, -0.2) is 4.98 Å². The van der Waals surface area contributed by atoms with Gasteiger partial charge in [0, 0.05) is 25.4 Å². The maximum Gasteiger partial charge on any atom is 0.308 e. The van der Waals surface area contributed by atoms with Crippen molar-refractivity contribution in [2.45, 2.75) is 38.6 Å². The highest BCUT2D eigenvalue weighted by Crippen LogP contribution is 2.24. The Morgan fingerprint density at radius 2 is 2.17 bits per heavy atom. The molecule has 2 heterocycles. The molecule has 23 heavy (non-hydrogen) atoms. The predicted molar refractivity (Wildman–Crippen MR) is 85.9 cm³/mol.